The molecule has 2 bridgehead atoms. The standard InChI is InChI=1S/C18H22N2O2/c1-11-10-20-7-5-12(11)8-17(20)18(22)14-4-6-19-16-3-2-13(21)9-15(14)16/h2-4,6,9,11-12,17-18,21-22H,5,7-8,10H2,1H3/t11?,12?,17?,18-/m1/s1. The minimum Gasteiger partial charge on any atom is -0.508 e. The second-order valence-electron chi connectivity index (χ2n) is 6.87. The zero-order chi connectivity index (χ0) is 15.3. The van der Waals surface area contributed by atoms with Crippen molar-refractivity contribution in [2.75, 3.05) is 13.1 Å². The molecule has 2 aromatic rings. The summed E-state index contributed by atoms with van der Waals surface area (Å²) in [6.45, 7) is 4.49. The van der Waals surface area contributed by atoms with Crippen molar-refractivity contribution in [3.63, 3.8) is 0 Å². The van der Waals surface area contributed by atoms with E-state index in [1.807, 2.05) is 6.07 Å². The minimum absolute atomic E-state index is 0.183. The van der Waals surface area contributed by atoms with Crippen molar-refractivity contribution in [2.45, 2.75) is 31.9 Å². The van der Waals surface area contributed by atoms with Crippen molar-refractivity contribution in [1.29, 1.82) is 0 Å². The van der Waals surface area contributed by atoms with Crippen molar-refractivity contribution in [3.8, 4) is 5.75 Å². The van der Waals surface area contributed by atoms with Crippen LogP contribution in [0.15, 0.2) is 30.5 Å². The van der Waals surface area contributed by atoms with Gasteiger partial charge in [0.25, 0.3) is 0 Å². The van der Waals surface area contributed by atoms with Gasteiger partial charge in [0.15, 0.2) is 0 Å². The molecule has 3 aliphatic heterocycles. The van der Waals surface area contributed by atoms with Crippen LogP contribution in [0.1, 0.15) is 31.4 Å². The van der Waals surface area contributed by atoms with Crippen LogP contribution in [-0.4, -0.2) is 39.2 Å². The van der Waals surface area contributed by atoms with E-state index in [9.17, 15) is 10.2 Å². The van der Waals surface area contributed by atoms with E-state index in [0.29, 0.717) is 0 Å². The summed E-state index contributed by atoms with van der Waals surface area (Å²) in [4.78, 5) is 6.77. The Balaban J connectivity index is 1.71. The van der Waals surface area contributed by atoms with Gasteiger partial charge in [-0.3, -0.25) is 9.88 Å². The number of benzene rings is 1. The van der Waals surface area contributed by atoms with E-state index in [4.69, 9.17) is 0 Å². The number of hydrogen-bond acceptors (Lipinski definition) is 4. The Morgan fingerprint density at radius 1 is 1.32 bits per heavy atom. The summed E-state index contributed by atoms with van der Waals surface area (Å²) in [5, 5.41) is 21.6. The molecule has 22 heavy (non-hydrogen) atoms. The Morgan fingerprint density at radius 2 is 2.18 bits per heavy atom. The Labute approximate surface area is 130 Å². The highest BCUT2D eigenvalue weighted by molar-refractivity contribution is 5.83. The first-order chi connectivity index (χ1) is 10.6. The summed E-state index contributed by atoms with van der Waals surface area (Å²) in [6, 6.07) is 7.22. The molecule has 116 valence electrons. The first-order valence-electron chi connectivity index (χ1n) is 8.13. The lowest BCUT2D eigenvalue weighted by molar-refractivity contribution is -0.0510. The molecule has 4 nitrogen and oxygen atoms in total. The predicted octanol–water partition coefficient (Wildman–Crippen LogP) is 2.70. The van der Waals surface area contributed by atoms with E-state index in [-0.39, 0.29) is 11.8 Å². The fourth-order valence-electron chi connectivity index (χ4n) is 4.29. The van der Waals surface area contributed by atoms with E-state index < -0.39 is 6.10 Å². The van der Waals surface area contributed by atoms with Gasteiger partial charge in [-0.15, -0.1) is 0 Å². The van der Waals surface area contributed by atoms with Crippen LogP contribution in [0.5, 0.6) is 5.75 Å². The molecule has 0 aliphatic carbocycles. The van der Waals surface area contributed by atoms with Gasteiger partial charge in [-0.05, 0) is 61.1 Å². The predicted molar refractivity (Wildman–Crippen MR) is 85.6 cm³/mol. The van der Waals surface area contributed by atoms with Crippen molar-refractivity contribution in [3.05, 3.63) is 36.0 Å². The number of phenolic OH excluding ortho intramolecular Hbond substituents is 1. The van der Waals surface area contributed by atoms with Crippen molar-refractivity contribution >= 4 is 10.9 Å². The van der Waals surface area contributed by atoms with Crippen LogP contribution in [0, 0.1) is 11.8 Å². The maximum absolute atomic E-state index is 11.0. The second-order valence-corrected chi connectivity index (χ2v) is 6.87. The molecule has 4 heteroatoms. The van der Waals surface area contributed by atoms with Crippen LogP contribution in [0.3, 0.4) is 0 Å². The van der Waals surface area contributed by atoms with E-state index in [1.54, 1.807) is 24.4 Å². The number of nitrogens with zero attached hydrogens (tertiary/aromatic N) is 2. The third-order valence-electron chi connectivity index (χ3n) is 5.57. The topological polar surface area (TPSA) is 56.6 Å². The molecule has 3 aliphatic rings. The fourth-order valence-corrected chi connectivity index (χ4v) is 4.29. The quantitative estimate of drug-likeness (QED) is 0.895. The van der Waals surface area contributed by atoms with Crippen LogP contribution in [0.25, 0.3) is 10.9 Å². The lowest BCUT2D eigenvalue weighted by atomic mass is 9.74. The van der Waals surface area contributed by atoms with Crippen LogP contribution in [0.4, 0.5) is 0 Å². The fraction of sp³-hybridized carbons (Fsp3) is 0.500. The summed E-state index contributed by atoms with van der Waals surface area (Å²) in [7, 11) is 0. The molecule has 3 saturated heterocycles. The Bertz CT molecular complexity index is 703. The number of aromatic nitrogens is 1. The van der Waals surface area contributed by atoms with E-state index in [1.165, 1.54) is 6.42 Å². The summed E-state index contributed by atoms with van der Waals surface area (Å²) in [6.07, 6.45) is 3.53. The van der Waals surface area contributed by atoms with Crippen molar-refractivity contribution in [1.82, 2.24) is 9.88 Å². The van der Waals surface area contributed by atoms with Crippen molar-refractivity contribution < 1.29 is 10.2 Å². The van der Waals surface area contributed by atoms with Crippen molar-refractivity contribution in [2.24, 2.45) is 11.8 Å². The van der Waals surface area contributed by atoms with Gasteiger partial charge < -0.3 is 10.2 Å². The summed E-state index contributed by atoms with van der Waals surface area (Å²) >= 11 is 0. The Hall–Kier alpha value is -1.65. The maximum atomic E-state index is 11.0. The molecular weight excluding hydrogens is 276 g/mol. The lowest BCUT2D eigenvalue weighted by Crippen LogP contribution is -2.54. The van der Waals surface area contributed by atoms with Gasteiger partial charge >= 0.3 is 0 Å². The third-order valence-corrected chi connectivity index (χ3v) is 5.57. The van der Waals surface area contributed by atoms with Crippen LogP contribution < -0.4 is 0 Å². The number of fused-ring (bicyclic) bond motifs is 4. The van der Waals surface area contributed by atoms with Gasteiger partial charge in [-0.1, -0.05) is 6.92 Å². The summed E-state index contributed by atoms with van der Waals surface area (Å²) in [5.41, 5.74) is 1.70. The van der Waals surface area contributed by atoms with Crippen LogP contribution in [-0.2, 0) is 0 Å². The highest BCUT2D eigenvalue weighted by Gasteiger charge is 2.41. The molecule has 0 saturated carbocycles. The SMILES string of the molecule is CC1CN2CCC1CC2[C@H](O)c1ccnc2ccc(O)cc12. The molecular formula is C18H22N2O2. The van der Waals surface area contributed by atoms with Gasteiger partial charge in [0, 0.05) is 24.2 Å². The number of phenols is 1. The highest BCUT2D eigenvalue weighted by Crippen LogP contribution is 2.41. The number of aliphatic hydroxyl groups excluding tert-OH is 1. The molecule has 0 amide bonds. The Morgan fingerprint density at radius 3 is 2.91 bits per heavy atom. The molecule has 1 aromatic heterocycles. The average Bonchev–Trinajstić information content (AvgIpc) is 2.54. The maximum Gasteiger partial charge on any atom is 0.116 e. The third kappa shape index (κ3) is 2.18. The average molecular weight is 298 g/mol. The first kappa shape index (κ1) is 14.0. The minimum atomic E-state index is -0.525. The zero-order valence-corrected chi connectivity index (χ0v) is 12.8. The van der Waals surface area contributed by atoms with Crippen LogP contribution in [0.2, 0.25) is 0 Å². The largest absolute Gasteiger partial charge is 0.508 e. The number of rotatable bonds is 2. The van der Waals surface area contributed by atoms with Gasteiger partial charge in [0.2, 0.25) is 0 Å². The number of aromatic hydroxyl groups is 1. The van der Waals surface area contributed by atoms with Gasteiger partial charge in [-0.2, -0.15) is 0 Å². The van der Waals surface area contributed by atoms with E-state index >= 15 is 0 Å². The first-order valence-corrected chi connectivity index (χ1v) is 8.13. The lowest BCUT2D eigenvalue weighted by Gasteiger charge is -2.50. The number of piperidine rings is 3. The van der Waals surface area contributed by atoms with E-state index in [0.717, 1.165) is 47.8 Å². The summed E-state index contributed by atoms with van der Waals surface area (Å²) < 4.78 is 0. The second kappa shape index (κ2) is 5.21. The molecule has 4 unspecified atom stereocenters. The molecule has 0 spiro atoms. The molecule has 5 atom stereocenters. The van der Waals surface area contributed by atoms with Gasteiger partial charge in [-0.25, -0.2) is 0 Å². The molecule has 2 N–H and O–H groups in total. The molecule has 5 rings (SSSR count). The Kier molecular flexibility index (Phi) is 3.31. The molecule has 1 aromatic carbocycles. The van der Waals surface area contributed by atoms with Crippen LogP contribution >= 0.6 is 0 Å². The smallest absolute Gasteiger partial charge is 0.116 e. The van der Waals surface area contributed by atoms with Gasteiger partial charge in [0.05, 0.1) is 11.6 Å². The number of hydrogen-bond donors (Lipinski definition) is 2. The monoisotopic (exact) mass is 298 g/mol. The highest BCUT2D eigenvalue weighted by atomic mass is 16.3. The molecule has 4 heterocycles. The number of aliphatic hydroxyl groups is 1. The molecule has 0 radical (unpaired) electrons. The van der Waals surface area contributed by atoms with Gasteiger partial charge in [0.1, 0.15) is 5.75 Å². The number of pyridine rings is 1. The molecule has 3 fully saturated rings. The zero-order valence-electron chi connectivity index (χ0n) is 12.8. The van der Waals surface area contributed by atoms with E-state index in [2.05, 4.69) is 16.8 Å². The summed E-state index contributed by atoms with van der Waals surface area (Å²) in [5.74, 6) is 1.68. The normalized spacial score (nSPS) is 32.3.